The number of halogens is 2. The molecule has 0 unspecified atom stereocenters. The first kappa shape index (κ1) is 15.6. The minimum absolute atomic E-state index is 0.430. The summed E-state index contributed by atoms with van der Waals surface area (Å²) in [6.07, 6.45) is 0. The molecule has 0 saturated carbocycles. The van der Waals surface area contributed by atoms with Crippen molar-refractivity contribution in [2.24, 2.45) is 0 Å². The van der Waals surface area contributed by atoms with Gasteiger partial charge in [-0.1, -0.05) is 11.8 Å². The van der Waals surface area contributed by atoms with Crippen molar-refractivity contribution in [2.75, 3.05) is 4.72 Å². The van der Waals surface area contributed by atoms with Gasteiger partial charge in [0.1, 0.15) is 16.5 Å². The van der Waals surface area contributed by atoms with E-state index in [-0.39, 0.29) is 0 Å². The number of anilines is 1. The molecule has 0 spiro atoms. The second-order valence-electron chi connectivity index (χ2n) is 4.12. The molecule has 0 radical (unpaired) electrons. The van der Waals surface area contributed by atoms with Crippen LogP contribution in [0.15, 0.2) is 41.3 Å². The second kappa shape index (κ2) is 5.56. The van der Waals surface area contributed by atoms with E-state index in [9.17, 15) is 32.4 Å². The Kier molecular flexibility index (Phi) is 3.95. The highest BCUT2D eigenvalue weighted by Crippen LogP contribution is 2.28. The number of hydrogen-bond donors (Lipinski definition) is 1. The van der Waals surface area contributed by atoms with E-state index in [2.05, 4.69) is 0 Å². The lowest BCUT2D eigenvalue weighted by Gasteiger charge is -2.15. The van der Waals surface area contributed by atoms with Gasteiger partial charge >= 0.3 is 0 Å². The van der Waals surface area contributed by atoms with Crippen molar-refractivity contribution < 1.29 is 27.2 Å². The van der Waals surface area contributed by atoms with Crippen LogP contribution in [0.1, 0.15) is 0 Å². The summed E-state index contributed by atoms with van der Waals surface area (Å²) in [4.78, 5) is 8.77. The maximum absolute atomic E-state index is 13.5. The Balaban J connectivity index is 2.47. The summed E-state index contributed by atoms with van der Waals surface area (Å²) in [5.41, 5.74) is -1.17. The van der Waals surface area contributed by atoms with Crippen LogP contribution in [0.5, 0.6) is 5.75 Å². The SMILES string of the molecule is O=[N+]([O-])c1ccc([O-])c(NS(=O)(=O)c2cc(F)ccc2F)c1. The fourth-order valence-corrected chi connectivity index (χ4v) is 2.75. The molecule has 116 valence electrons. The Morgan fingerprint density at radius 1 is 1.09 bits per heavy atom. The van der Waals surface area contributed by atoms with E-state index in [1.807, 2.05) is 0 Å². The summed E-state index contributed by atoms with van der Waals surface area (Å²) in [7, 11) is -4.62. The lowest BCUT2D eigenvalue weighted by Crippen LogP contribution is -2.16. The van der Waals surface area contributed by atoms with Crippen LogP contribution in [0, 0.1) is 21.7 Å². The minimum Gasteiger partial charge on any atom is -0.871 e. The molecule has 2 rings (SSSR count). The molecule has 0 saturated heterocycles. The lowest BCUT2D eigenvalue weighted by molar-refractivity contribution is -0.385. The van der Waals surface area contributed by atoms with Crippen molar-refractivity contribution in [1.82, 2.24) is 0 Å². The van der Waals surface area contributed by atoms with Gasteiger partial charge in [-0.05, 0) is 18.2 Å². The number of sulfonamides is 1. The predicted octanol–water partition coefficient (Wildman–Crippen LogP) is 1.75. The minimum atomic E-state index is -4.62. The average Bonchev–Trinajstić information content (AvgIpc) is 2.43. The zero-order valence-corrected chi connectivity index (χ0v) is 11.4. The van der Waals surface area contributed by atoms with E-state index in [0.717, 1.165) is 18.2 Å². The van der Waals surface area contributed by atoms with Crippen molar-refractivity contribution in [3.05, 3.63) is 58.1 Å². The Morgan fingerprint density at radius 2 is 1.77 bits per heavy atom. The number of nitro groups is 1. The molecule has 0 fully saturated rings. The van der Waals surface area contributed by atoms with Gasteiger partial charge in [-0.2, -0.15) is 0 Å². The van der Waals surface area contributed by atoms with Gasteiger partial charge in [-0.15, -0.1) is 0 Å². The molecule has 0 bridgehead atoms. The van der Waals surface area contributed by atoms with Crippen molar-refractivity contribution in [3.63, 3.8) is 0 Å². The Labute approximate surface area is 123 Å². The second-order valence-corrected chi connectivity index (χ2v) is 5.77. The number of benzene rings is 2. The monoisotopic (exact) mass is 329 g/mol. The molecule has 0 heterocycles. The highest BCUT2D eigenvalue weighted by atomic mass is 32.2. The van der Waals surface area contributed by atoms with Crippen LogP contribution >= 0.6 is 0 Å². The fraction of sp³-hybridized carbons (Fsp3) is 0. The van der Waals surface area contributed by atoms with E-state index in [1.165, 1.54) is 0 Å². The average molecular weight is 329 g/mol. The largest absolute Gasteiger partial charge is 0.871 e. The van der Waals surface area contributed by atoms with Crippen molar-refractivity contribution in [1.29, 1.82) is 0 Å². The lowest BCUT2D eigenvalue weighted by atomic mass is 10.2. The van der Waals surface area contributed by atoms with E-state index in [4.69, 9.17) is 0 Å². The van der Waals surface area contributed by atoms with Gasteiger partial charge in [0.25, 0.3) is 15.7 Å². The molecule has 2 aromatic carbocycles. The van der Waals surface area contributed by atoms with Gasteiger partial charge in [0.2, 0.25) is 0 Å². The number of non-ortho nitro benzene ring substituents is 1. The molecule has 0 aliphatic carbocycles. The summed E-state index contributed by atoms with van der Waals surface area (Å²) in [6, 6.07) is 4.13. The van der Waals surface area contributed by atoms with Gasteiger partial charge < -0.3 is 5.11 Å². The fourth-order valence-electron chi connectivity index (χ4n) is 1.59. The Morgan fingerprint density at radius 3 is 2.41 bits per heavy atom. The molecule has 1 N–H and O–H groups in total. The number of nitro benzene ring substituents is 1. The molecule has 0 amide bonds. The van der Waals surface area contributed by atoms with Crippen LogP contribution in [0.25, 0.3) is 0 Å². The summed E-state index contributed by atoms with van der Waals surface area (Å²) in [5, 5.41) is 22.2. The summed E-state index contributed by atoms with van der Waals surface area (Å²) >= 11 is 0. The maximum Gasteiger partial charge on any atom is 0.271 e. The number of hydrogen-bond acceptors (Lipinski definition) is 5. The number of nitrogens with zero attached hydrogens (tertiary/aromatic N) is 1. The first-order valence-corrected chi connectivity index (χ1v) is 7.12. The zero-order chi connectivity index (χ0) is 16.5. The summed E-state index contributed by atoms with van der Waals surface area (Å²) in [5.74, 6) is -3.08. The smallest absolute Gasteiger partial charge is 0.271 e. The molecule has 0 atom stereocenters. The molecule has 2 aromatic rings. The van der Waals surface area contributed by atoms with Gasteiger partial charge in [-0.25, -0.2) is 17.2 Å². The van der Waals surface area contributed by atoms with Gasteiger partial charge in [0.05, 0.1) is 4.92 Å². The standard InChI is InChI=1S/C12H8F2N2O5S/c13-7-1-3-9(14)12(5-7)22(20,21)15-10-6-8(16(18)19)2-4-11(10)17/h1-6,15,17H/p-1. The first-order chi connectivity index (χ1) is 10.2. The first-order valence-electron chi connectivity index (χ1n) is 5.64. The molecule has 22 heavy (non-hydrogen) atoms. The van der Waals surface area contributed by atoms with E-state index in [1.54, 1.807) is 4.72 Å². The molecule has 0 aliphatic heterocycles. The van der Waals surface area contributed by atoms with Crippen LogP contribution in [0.2, 0.25) is 0 Å². The molecule has 0 aromatic heterocycles. The van der Waals surface area contributed by atoms with E-state index < -0.39 is 48.6 Å². The van der Waals surface area contributed by atoms with Crippen LogP contribution < -0.4 is 9.83 Å². The topological polar surface area (TPSA) is 112 Å². The van der Waals surface area contributed by atoms with Crippen molar-refractivity contribution in [3.8, 4) is 5.75 Å². The molecular formula is C12H7F2N2O5S-. The number of rotatable bonds is 4. The predicted molar refractivity (Wildman–Crippen MR) is 69.7 cm³/mol. The van der Waals surface area contributed by atoms with Crippen LogP contribution in [-0.4, -0.2) is 13.3 Å². The van der Waals surface area contributed by atoms with E-state index in [0.29, 0.717) is 18.2 Å². The highest BCUT2D eigenvalue weighted by molar-refractivity contribution is 7.92. The third kappa shape index (κ3) is 3.11. The zero-order valence-electron chi connectivity index (χ0n) is 10.6. The molecule has 10 heteroatoms. The number of nitrogens with one attached hydrogen (secondary N) is 1. The van der Waals surface area contributed by atoms with Gasteiger partial charge in [-0.3, -0.25) is 14.8 Å². The van der Waals surface area contributed by atoms with Gasteiger partial charge in [0, 0.05) is 17.8 Å². The Bertz CT molecular complexity index is 855. The Hall–Kier alpha value is -2.75. The summed E-state index contributed by atoms with van der Waals surface area (Å²) in [6.45, 7) is 0. The molecular weight excluding hydrogens is 322 g/mol. The normalized spacial score (nSPS) is 11.2. The molecule has 0 aliphatic rings. The maximum atomic E-state index is 13.5. The highest BCUT2D eigenvalue weighted by Gasteiger charge is 2.21. The van der Waals surface area contributed by atoms with Crippen LogP contribution in [0.3, 0.4) is 0 Å². The quantitative estimate of drug-likeness (QED) is 0.678. The van der Waals surface area contributed by atoms with E-state index >= 15 is 0 Å². The van der Waals surface area contributed by atoms with Crippen molar-refractivity contribution in [2.45, 2.75) is 4.90 Å². The third-order valence-electron chi connectivity index (χ3n) is 2.60. The van der Waals surface area contributed by atoms with Crippen LogP contribution in [0.4, 0.5) is 20.2 Å². The summed E-state index contributed by atoms with van der Waals surface area (Å²) < 4.78 is 52.2. The van der Waals surface area contributed by atoms with Crippen molar-refractivity contribution >= 4 is 21.4 Å². The third-order valence-corrected chi connectivity index (χ3v) is 3.98. The van der Waals surface area contributed by atoms with Gasteiger partial charge in [0.15, 0.2) is 0 Å². The van der Waals surface area contributed by atoms with Crippen LogP contribution in [-0.2, 0) is 10.0 Å². The molecule has 7 nitrogen and oxygen atoms in total.